The smallest absolute Gasteiger partial charge is 0.435 e. The normalized spacial score (nSPS) is 15.5. The van der Waals surface area contributed by atoms with Crippen LogP contribution in [0.1, 0.15) is 25.8 Å². The minimum atomic E-state index is -1.45. The van der Waals surface area contributed by atoms with Crippen molar-refractivity contribution in [2.75, 3.05) is 33.5 Å². The summed E-state index contributed by atoms with van der Waals surface area (Å²) in [6, 6.07) is 6.50. The van der Waals surface area contributed by atoms with Crippen LogP contribution in [0.3, 0.4) is 0 Å². The number of nitrogens with zero attached hydrogens (tertiary/aromatic N) is 3. The van der Waals surface area contributed by atoms with Crippen LogP contribution >= 0.6 is 0 Å². The van der Waals surface area contributed by atoms with Gasteiger partial charge in [-0.1, -0.05) is 0 Å². The van der Waals surface area contributed by atoms with Gasteiger partial charge in [0.2, 0.25) is 6.17 Å². The molecule has 164 valence electrons. The van der Waals surface area contributed by atoms with Crippen molar-refractivity contribution in [1.29, 1.82) is 0 Å². The number of ether oxygens (including phenoxy) is 4. The zero-order chi connectivity index (χ0) is 22.1. The average Bonchev–Trinajstić information content (AvgIpc) is 3.15. The van der Waals surface area contributed by atoms with Crippen molar-refractivity contribution in [2.24, 2.45) is 4.99 Å². The molecule has 1 aliphatic rings. The van der Waals surface area contributed by atoms with Crippen molar-refractivity contribution in [3.63, 3.8) is 0 Å². The molecule has 0 spiro atoms. The lowest BCUT2D eigenvalue weighted by molar-refractivity contribution is -0.148. The molecule has 30 heavy (non-hydrogen) atoms. The highest BCUT2D eigenvalue weighted by atomic mass is 16.6. The van der Waals surface area contributed by atoms with Crippen LogP contribution in [-0.2, 0) is 19.0 Å². The molecule has 1 aromatic carbocycles. The van der Waals surface area contributed by atoms with E-state index in [0.717, 1.165) is 17.1 Å². The van der Waals surface area contributed by atoms with Gasteiger partial charge in [0.1, 0.15) is 5.75 Å². The number of aliphatic hydroxyl groups excluding tert-OH is 1. The molecule has 0 saturated carbocycles. The molecule has 1 N–H and O–H groups in total. The predicted octanol–water partition coefficient (Wildman–Crippen LogP) is 1.54. The van der Waals surface area contributed by atoms with Crippen LogP contribution in [0.25, 0.3) is 0 Å². The van der Waals surface area contributed by atoms with Gasteiger partial charge in [0.15, 0.2) is 5.84 Å². The summed E-state index contributed by atoms with van der Waals surface area (Å²) in [6.07, 6.45) is -2.82. The molecule has 0 aliphatic carbocycles. The van der Waals surface area contributed by atoms with Gasteiger partial charge < -0.3 is 24.1 Å². The van der Waals surface area contributed by atoms with Crippen LogP contribution in [-0.4, -0.2) is 78.8 Å². The Bertz CT molecular complexity index is 780. The molecule has 0 saturated heterocycles. The van der Waals surface area contributed by atoms with E-state index in [1.807, 2.05) is 0 Å². The molecule has 0 bridgehead atoms. The number of amidine groups is 1. The van der Waals surface area contributed by atoms with Crippen LogP contribution in [0.2, 0.25) is 0 Å². The van der Waals surface area contributed by atoms with E-state index in [1.54, 1.807) is 38.1 Å². The Morgan fingerprint density at radius 3 is 2.27 bits per heavy atom. The number of hydrogen-bond donors (Lipinski definition) is 1. The van der Waals surface area contributed by atoms with Gasteiger partial charge in [0.25, 0.3) is 0 Å². The third kappa shape index (κ3) is 5.17. The molecule has 0 radical (unpaired) electrons. The lowest BCUT2D eigenvalue weighted by Crippen LogP contribution is -2.54. The maximum absolute atomic E-state index is 12.6. The summed E-state index contributed by atoms with van der Waals surface area (Å²) in [7, 11) is 1.15. The molecule has 1 atom stereocenters. The van der Waals surface area contributed by atoms with Gasteiger partial charge in [-0.3, -0.25) is 0 Å². The van der Waals surface area contributed by atoms with E-state index in [4.69, 9.17) is 24.1 Å². The number of carbonyl (C=O) groups excluding carboxylic acids is 3. The van der Waals surface area contributed by atoms with Crippen molar-refractivity contribution in [1.82, 2.24) is 10.0 Å². The standard InChI is InChI=1S/C19H25N3O8/c1-4-28-18(25)21-15(13-7-9-14(10-8-13)30-12-6-11-23)20-16(17(24)27-3)22(21)19(26)29-5-2/h7-10,16,23H,4-6,11-12H2,1-3H3. The number of rotatable bonds is 8. The zero-order valence-corrected chi connectivity index (χ0v) is 17.1. The fourth-order valence-corrected chi connectivity index (χ4v) is 2.58. The van der Waals surface area contributed by atoms with Gasteiger partial charge >= 0.3 is 18.2 Å². The first kappa shape index (κ1) is 22.9. The number of methoxy groups -OCH3 is 1. The largest absolute Gasteiger partial charge is 0.494 e. The maximum atomic E-state index is 12.6. The summed E-state index contributed by atoms with van der Waals surface area (Å²) in [4.78, 5) is 41.6. The number of aliphatic hydroxyl groups is 1. The Morgan fingerprint density at radius 1 is 1.07 bits per heavy atom. The monoisotopic (exact) mass is 423 g/mol. The van der Waals surface area contributed by atoms with Crippen LogP contribution < -0.4 is 4.74 Å². The Balaban J connectivity index is 2.41. The maximum Gasteiger partial charge on any atom is 0.435 e. The molecular weight excluding hydrogens is 398 g/mol. The second-order valence-electron chi connectivity index (χ2n) is 5.85. The van der Waals surface area contributed by atoms with E-state index in [2.05, 4.69) is 4.99 Å². The molecular formula is C19H25N3O8. The highest BCUT2D eigenvalue weighted by Gasteiger charge is 2.47. The molecule has 1 aromatic rings. The van der Waals surface area contributed by atoms with Crippen molar-refractivity contribution in [2.45, 2.75) is 26.4 Å². The van der Waals surface area contributed by atoms with Gasteiger partial charge in [0.05, 0.1) is 26.9 Å². The van der Waals surface area contributed by atoms with E-state index >= 15 is 0 Å². The third-order valence-corrected chi connectivity index (χ3v) is 3.88. The van der Waals surface area contributed by atoms with Gasteiger partial charge in [-0.25, -0.2) is 19.4 Å². The molecule has 0 fully saturated rings. The number of amides is 2. The van der Waals surface area contributed by atoms with Crippen molar-refractivity contribution < 1.29 is 38.4 Å². The summed E-state index contributed by atoms with van der Waals surface area (Å²) < 4.78 is 20.2. The number of benzene rings is 1. The van der Waals surface area contributed by atoms with E-state index < -0.39 is 24.3 Å². The Kier molecular flexibility index (Phi) is 8.41. The summed E-state index contributed by atoms with van der Waals surface area (Å²) in [5.74, 6) is -0.296. The van der Waals surface area contributed by atoms with Crippen LogP contribution in [0, 0.1) is 0 Å². The minimum absolute atomic E-state index is 0.0128. The summed E-state index contributed by atoms with van der Waals surface area (Å²) in [6.45, 7) is 3.62. The molecule has 1 heterocycles. The number of carbonyl (C=O) groups is 3. The average molecular weight is 423 g/mol. The van der Waals surface area contributed by atoms with Crippen molar-refractivity contribution in [3.8, 4) is 5.75 Å². The molecule has 1 aliphatic heterocycles. The SMILES string of the molecule is CCOC(=O)N1C(c2ccc(OCCCO)cc2)=NC(C(=O)OC)N1C(=O)OCC. The number of hydrazine groups is 1. The molecule has 2 rings (SSSR count). The summed E-state index contributed by atoms with van der Waals surface area (Å²) in [5, 5.41) is 10.4. The lowest BCUT2D eigenvalue weighted by Gasteiger charge is -2.29. The van der Waals surface area contributed by atoms with E-state index in [1.165, 1.54) is 0 Å². The fourth-order valence-electron chi connectivity index (χ4n) is 2.58. The van der Waals surface area contributed by atoms with Crippen LogP contribution in [0.15, 0.2) is 29.3 Å². The van der Waals surface area contributed by atoms with Gasteiger partial charge in [-0.2, -0.15) is 10.0 Å². The van der Waals surface area contributed by atoms with E-state index in [-0.39, 0.29) is 25.7 Å². The van der Waals surface area contributed by atoms with Crippen molar-refractivity contribution in [3.05, 3.63) is 29.8 Å². The minimum Gasteiger partial charge on any atom is -0.494 e. The highest BCUT2D eigenvalue weighted by molar-refractivity contribution is 6.10. The second kappa shape index (κ2) is 11.0. The first-order valence-corrected chi connectivity index (χ1v) is 9.40. The molecule has 2 amide bonds. The number of aliphatic imine (C=N–C) groups is 1. The highest BCUT2D eigenvalue weighted by Crippen LogP contribution is 2.25. The third-order valence-electron chi connectivity index (χ3n) is 3.88. The van der Waals surface area contributed by atoms with E-state index in [9.17, 15) is 14.4 Å². The molecule has 1 unspecified atom stereocenters. The Morgan fingerprint density at radius 2 is 1.70 bits per heavy atom. The molecule has 11 nitrogen and oxygen atoms in total. The molecule has 11 heteroatoms. The Labute approximate surface area is 173 Å². The lowest BCUT2D eigenvalue weighted by atomic mass is 10.2. The fraction of sp³-hybridized carbons (Fsp3) is 0.474. The van der Waals surface area contributed by atoms with Crippen LogP contribution in [0.4, 0.5) is 9.59 Å². The topological polar surface area (TPSA) is 127 Å². The first-order chi connectivity index (χ1) is 14.5. The first-order valence-electron chi connectivity index (χ1n) is 9.40. The summed E-state index contributed by atoms with van der Waals surface area (Å²) in [5.41, 5.74) is 0.429. The van der Waals surface area contributed by atoms with Gasteiger partial charge in [0, 0.05) is 18.6 Å². The zero-order valence-electron chi connectivity index (χ0n) is 17.1. The van der Waals surface area contributed by atoms with Gasteiger partial charge in [-0.15, -0.1) is 0 Å². The number of esters is 1. The summed E-state index contributed by atoms with van der Waals surface area (Å²) >= 11 is 0. The number of hydrogen-bond acceptors (Lipinski definition) is 9. The second-order valence-corrected chi connectivity index (χ2v) is 5.85. The van der Waals surface area contributed by atoms with E-state index in [0.29, 0.717) is 24.3 Å². The van der Waals surface area contributed by atoms with Gasteiger partial charge in [-0.05, 0) is 38.1 Å². The predicted molar refractivity (Wildman–Crippen MR) is 104 cm³/mol. The van der Waals surface area contributed by atoms with Crippen molar-refractivity contribution >= 4 is 24.0 Å². The quantitative estimate of drug-likeness (QED) is 0.379. The molecule has 0 aromatic heterocycles. The van der Waals surface area contributed by atoms with Crippen LogP contribution in [0.5, 0.6) is 5.75 Å². The Hall–Kier alpha value is -3.34.